The topological polar surface area (TPSA) is 118 Å². The standard InChI is InChI=1S/C28H36FN5O2/c1-18(2)28(33-20(4)34(5)26-8-6-7-15-32-26)25(19(3)21-9-11-22(29)12-10-21)14-13-23(30)16-24(31)17-27(35)36/h6-15,18,23-24H,3,16-17,30-31H2,1-2,4-5H3,(H,35,36)/b14-13+,28-25-,33-20?. The Kier molecular flexibility index (Phi) is 10.7. The van der Waals surface area contributed by atoms with Crippen LogP contribution in [-0.2, 0) is 4.79 Å². The number of halogens is 1. The highest BCUT2D eigenvalue weighted by molar-refractivity contribution is 5.95. The van der Waals surface area contributed by atoms with Gasteiger partial charge in [-0.2, -0.15) is 0 Å². The molecule has 5 N–H and O–H groups in total. The Labute approximate surface area is 212 Å². The molecule has 0 aliphatic heterocycles. The van der Waals surface area contributed by atoms with Crippen LogP contribution in [-0.4, -0.2) is 41.0 Å². The number of nitrogens with zero attached hydrogens (tertiary/aromatic N) is 3. The van der Waals surface area contributed by atoms with Gasteiger partial charge >= 0.3 is 5.97 Å². The quantitative estimate of drug-likeness (QED) is 0.236. The van der Waals surface area contributed by atoms with E-state index in [2.05, 4.69) is 11.6 Å². The van der Waals surface area contributed by atoms with Crippen LogP contribution in [0.15, 0.2) is 83.7 Å². The van der Waals surface area contributed by atoms with Gasteiger partial charge in [-0.1, -0.05) is 50.8 Å². The molecular weight excluding hydrogens is 457 g/mol. The molecule has 192 valence electrons. The van der Waals surface area contributed by atoms with E-state index in [9.17, 15) is 9.18 Å². The van der Waals surface area contributed by atoms with Crippen LogP contribution >= 0.6 is 0 Å². The Morgan fingerprint density at radius 2 is 1.89 bits per heavy atom. The molecule has 1 aromatic carbocycles. The second-order valence-corrected chi connectivity index (χ2v) is 8.96. The largest absolute Gasteiger partial charge is 0.481 e. The lowest BCUT2D eigenvalue weighted by atomic mass is 9.92. The van der Waals surface area contributed by atoms with Crippen molar-refractivity contribution in [2.45, 2.75) is 45.7 Å². The van der Waals surface area contributed by atoms with E-state index in [4.69, 9.17) is 21.6 Å². The average molecular weight is 494 g/mol. The number of hydrogen-bond acceptors (Lipinski definition) is 5. The molecule has 8 heteroatoms. The van der Waals surface area contributed by atoms with Crippen molar-refractivity contribution in [2.24, 2.45) is 22.4 Å². The molecule has 0 aliphatic rings. The number of hydrogen-bond donors (Lipinski definition) is 3. The Balaban J connectivity index is 2.52. The van der Waals surface area contributed by atoms with E-state index in [0.717, 1.165) is 28.5 Å². The first-order valence-electron chi connectivity index (χ1n) is 11.8. The third kappa shape index (κ3) is 8.55. The Morgan fingerprint density at radius 1 is 1.22 bits per heavy atom. The molecule has 0 fully saturated rings. The van der Waals surface area contributed by atoms with Crippen LogP contribution in [0.25, 0.3) is 5.57 Å². The summed E-state index contributed by atoms with van der Waals surface area (Å²) in [5, 5.41) is 8.97. The van der Waals surface area contributed by atoms with Crippen LogP contribution in [0, 0.1) is 11.7 Å². The van der Waals surface area contributed by atoms with E-state index in [1.54, 1.807) is 24.4 Å². The summed E-state index contributed by atoms with van der Waals surface area (Å²) in [6, 6.07) is 10.7. The molecule has 2 aromatic rings. The maximum atomic E-state index is 13.6. The Bertz CT molecular complexity index is 1120. The van der Waals surface area contributed by atoms with Gasteiger partial charge in [0.15, 0.2) is 0 Å². The molecule has 1 heterocycles. The summed E-state index contributed by atoms with van der Waals surface area (Å²) < 4.78 is 13.6. The van der Waals surface area contributed by atoms with Crippen LogP contribution < -0.4 is 16.4 Å². The molecule has 0 aliphatic carbocycles. The maximum Gasteiger partial charge on any atom is 0.304 e. The normalized spacial score (nSPS) is 14.5. The van der Waals surface area contributed by atoms with Crippen LogP contribution in [0.1, 0.15) is 39.2 Å². The van der Waals surface area contributed by atoms with Gasteiger partial charge < -0.3 is 21.5 Å². The Hall–Kier alpha value is -3.62. The second kappa shape index (κ2) is 13.5. The molecule has 2 atom stereocenters. The number of rotatable bonds is 11. The van der Waals surface area contributed by atoms with Crippen molar-refractivity contribution in [1.29, 1.82) is 0 Å². The molecule has 0 saturated heterocycles. The molecule has 7 nitrogen and oxygen atoms in total. The van der Waals surface area contributed by atoms with Crippen molar-refractivity contribution in [2.75, 3.05) is 11.9 Å². The smallest absolute Gasteiger partial charge is 0.304 e. The molecule has 0 bridgehead atoms. The molecule has 36 heavy (non-hydrogen) atoms. The number of benzene rings is 1. The zero-order chi connectivity index (χ0) is 26.8. The lowest BCUT2D eigenvalue weighted by molar-refractivity contribution is -0.137. The predicted octanol–water partition coefficient (Wildman–Crippen LogP) is 4.77. The van der Waals surface area contributed by atoms with Gasteiger partial charge in [0.05, 0.1) is 12.1 Å². The summed E-state index contributed by atoms with van der Waals surface area (Å²) in [4.78, 5) is 22.2. The number of pyridine rings is 1. The highest BCUT2D eigenvalue weighted by Crippen LogP contribution is 2.30. The minimum Gasteiger partial charge on any atom is -0.481 e. The van der Waals surface area contributed by atoms with E-state index >= 15 is 0 Å². The average Bonchev–Trinajstić information content (AvgIpc) is 2.82. The highest BCUT2D eigenvalue weighted by Gasteiger charge is 2.17. The van der Waals surface area contributed by atoms with Crippen molar-refractivity contribution < 1.29 is 14.3 Å². The minimum atomic E-state index is -0.965. The third-order valence-electron chi connectivity index (χ3n) is 5.62. The minimum absolute atomic E-state index is 0.0134. The number of carboxylic acids is 1. The maximum absolute atomic E-state index is 13.6. The van der Waals surface area contributed by atoms with E-state index in [1.165, 1.54) is 12.1 Å². The summed E-state index contributed by atoms with van der Waals surface area (Å²) in [7, 11) is 1.89. The van der Waals surface area contributed by atoms with E-state index < -0.39 is 18.1 Å². The van der Waals surface area contributed by atoms with Gasteiger partial charge in [0.1, 0.15) is 17.5 Å². The number of aromatic nitrogens is 1. The van der Waals surface area contributed by atoms with E-state index in [0.29, 0.717) is 12.0 Å². The zero-order valence-corrected chi connectivity index (χ0v) is 21.4. The van der Waals surface area contributed by atoms with E-state index in [1.807, 2.05) is 57.0 Å². The summed E-state index contributed by atoms with van der Waals surface area (Å²) in [5.41, 5.74) is 15.1. The molecule has 0 saturated carbocycles. The highest BCUT2D eigenvalue weighted by atomic mass is 19.1. The fraction of sp³-hybridized carbons (Fsp3) is 0.321. The molecule has 0 amide bonds. The molecular formula is C28H36FN5O2. The van der Waals surface area contributed by atoms with Gasteiger partial charge in [0, 0.05) is 30.9 Å². The number of aliphatic imine (C=N–C) groups is 1. The lowest BCUT2D eigenvalue weighted by Crippen LogP contribution is -2.31. The van der Waals surface area contributed by atoms with Gasteiger partial charge in [-0.15, -0.1) is 0 Å². The fourth-order valence-corrected chi connectivity index (χ4v) is 3.57. The summed E-state index contributed by atoms with van der Waals surface area (Å²) in [6.07, 6.45) is 5.49. The van der Waals surface area contributed by atoms with Gasteiger partial charge in [0.2, 0.25) is 0 Å². The number of allylic oxidation sites excluding steroid dienone is 4. The first-order chi connectivity index (χ1) is 17.0. The van der Waals surface area contributed by atoms with Crippen LogP contribution in [0.4, 0.5) is 10.2 Å². The first-order valence-corrected chi connectivity index (χ1v) is 11.8. The van der Waals surface area contributed by atoms with Crippen LogP contribution in [0.3, 0.4) is 0 Å². The van der Waals surface area contributed by atoms with Crippen molar-refractivity contribution in [3.63, 3.8) is 0 Å². The second-order valence-electron chi connectivity index (χ2n) is 8.96. The van der Waals surface area contributed by atoms with Gasteiger partial charge in [-0.05, 0) is 54.7 Å². The fourth-order valence-electron chi connectivity index (χ4n) is 3.57. The first kappa shape index (κ1) is 28.6. The number of aliphatic carboxylic acids is 1. The monoisotopic (exact) mass is 493 g/mol. The van der Waals surface area contributed by atoms with Crippen molar-refractivity contribution >= 4 is 23.2 Å². The number of carboxylic acid groups (broad SMARTS) is 1. The number of anilines is 1. The van der Waals surface area contributed by atoms with Crippen LogP contribution in [0.2, 0.25) is 0 Å². The SMILES string of the molecule is C=C(C(/C=C/C(N)CC(N)CC(=O)O)=C(\N=C(C)N(C)c1ccccn1)C(C)C)c1ccc(F)cc1. The third-order valence-corrected chi connectivity index (χ3v) is 5.62. The van der Waals surface area contributed by atoms with Crippen molar-refractivity contribution in [1.82, 2.24) is 4.98 Å². The van der Waals surface area contributed by atoms with Crippen molar-refractivity contribution in [3.05, 3.63) is 90.0 Å². The Morgan fingerprint density at radius 3 is 2.44 bits per heavy atom. The van der Waals surface area contributed by atoms with Gasteiger partial charge in [-0.25, -0.2) is 14.4 Å². The van der Waals surface area contributed by atoms with Gasteiger partial charge in [0.25, 0.3) is 0 Å². The predicted molar refractivity (Wildman–Crippen MR) is 145 cm³/mol. The summed E-state index contributed by atoms with van der Waals surface area (Å²) in [5.74, 6) is 0.193. The summed E-state index contributed by atoms with van der Waals surface area (Å²) in [6.45, 7) is 10.2. The molecule has 2 unspecified atom stereocenters. The van der Waals surface area contributed by atoms with Gasteiger partial charge in [-0.3, -0.25) is 4.79 Å². The number of carbonyl (C=O) groups is 1. The molecule has 0 spiro atoms. The molecule has 0 radical (unpaired) electrons. The number of nitrogens with two attached hydrogens (primary N) is 2. The molecule has 2 rings (SSSR count). The lowest BCUT2D eigenvalue weighted by Gasteiger charge is -2.21. The molecule has 1 aromatic heterocycles. The van der Waals surface area contributed by atoms with Crippen LogP contribution in [0.5, 0.6) is 0 Å². The van der Waals surface area contributed by atoms with Crippen molar-refractivity contribution in [3.8, 4) is 0 Å². The summed E-state index contributed by atoms with van der Waals surface area (Å²) >= 11 is 0. The number of amidine groups is 1. The van der Waals surface area contributed by atoms with E-state index in [-0.39, 0.29) is 18.2 Å². The zero-order valence-electron chi connectivity index (χ0n) is 21.4.